The van der Waals surface area contributed by atoms with Crippen molar-refractivity contribution in [2.75, 3.05) is 18.5 Å². The van der Waals surface area contributed by atoms with Gasteiger partial charge in [-0.25, -0.2) is 4.79 Å². The van der Waals surface area contributed by atoms with E-state index in [1.54, 1.807) is 0 Å². The standard InChI is InChI=1S/C11H15N3O2S/c1-7-2-3-8(10(12)17)9(6-7)14-4-5-16-11(13)15/h2-3,6,14H,4-5H2,1H3,(H2,12,17)(H2,13,15). The van der Waals surface area contributed by atoms with Crippen molar-refractivity contribution in [3.63, 3.8) is 0 Å². The molecule has 0 radical (unpaired) electrons. The van der Waals surface area contributed by atoms with Crippen LogP contribution in [0.25, 0.3) is 0 Å². The molecule has 1 amide bonds. The maximum Gasteiger partial charge on any atom is 0.404 e. The second-order valence-corrected chi connectivity index (χ2v) is 3.95. The Labute approximate surface area is 105 Å². The molecule has 0 spiro atoms. The molecule has 0 saturated carbocycles. The molecule has 6 heteroatoms. The average molecular weight is 253 g/mol. The van der Waals surface area contributed by atoms with Gasteiger partial charge >= 0.3 is 6.09 Å². The van der Waals surface area contributed by atoms with Gasteiger partial charge in [-0.15, -0.1) is 0 Å². The van der Waals surface area contributed by atoms with E-state index < -0.39 is 6.09 Å². The van der Waals surface area contributed by atoms with Gasteiger partial charge in [0.2, 0.25) is 0 Å². The number of thiocarbonyl (C=S) groups is 1. The molecule has 0 aliphatic rings. The first-order chi connectivity index (χ1) is 8.00. The van der Waals surface area contributed by atoms with Crippen molar-refractivity contribution >= 4 is 29.0 Å². The molecule has 1 aromatic carbocycles. The summed E-state index contributed by atoms with van der Waals surface area (Å²) in [7, 11) is 0. The van der Waals surface area contributed by atoms with E-state index in [1.807, 2.05) is 25.1 Å². The van der Waals surface area contributed by atoms with E-state index in [0.717, 1.165) is 16.8 Å². The molecule has 0 heterocycles. The Balaban J connectivity index is 2.65. The van der Waals surface area contributed by atoms with E-state index >= 15 is 0 Å². The zero-order valence-electron chi connectivity index (χ0n) is 9.53. The van der Waals surface area contributed by atoms with Crippen molar-refractivity contribution in [2.24, 2.45) is 11.5 Å². The van der Waals surface area contributed by atoms with Crippen LogP contribution in [0.3, 0.4) is 0 Å². The molecule has 0 aliphatic carbocycles. The average Bonchev–Trinajstić information content (AvgIpc) is 2.23. The molecule has 0 aliphatic heterocycles. The summed E-state index contributed by atoms with van der Waals surface area (Å²) >= 11 is 4.95. The van der Waals surface area contributed by atoms with E-state index in [4.69, 9.17) is 23.7 Å². The summed E-state index contributed by atoms with van der Waals surface area (Å²) in [5, 5.41) is 3.09. The fraction of sp³-hybridized carbons (Fsp3) is 0.273. The van der Waals surface area contributed by atoms with Crippen molar-refractivity contribution in [1.29, 1.82) is 0 Å². The van der Waals surface area contributed by atoms with Crippen LogP contribution in [-0.2, 0) is 4.74 Å². The maximum absolute atomic E-state index is 10.4. The summed E-state index contributed by atoms with van der Waals surface area (Å²) in [6, 6.07) is 5.72. The Morgan fingerprint density at radius 1 is 1.47 bits per heavy atom. The third-order valence-electron chi connectivity index (χ3n) is 2.10. The quantitative estimate of drug-likeness (QED) is 0.540. The highest BCUT2D eigenvalue weighted by Gasteiger charge is 2.05. The highest BCUT2D eigenvalue weighted by atomic mass is 32.1. The number of hydrogen-bond donors (Lipinski definition) is 3. The van der Waals surface area contributed by atoms with E-state index in [2.05, 4.69) is 10.1 Å². The third kappa shape index (κ3) is 4.28. The number of nitrogens with one attached hydrogen (secondary N) is 1. The molecule has 0 bridgehead atoms. The first-order valence-electron chi connectivity index (χ1n) is 5.07. The Morgan fingerprint density at radius 2 is 2.18 bits per heavy atom. The summed E-state index contributed by atoms with van der Waals surface area (Å²) in [6.45, 7) is 2.61. The number of hydrogen-bond acceptors (Lipinski definition) is 4. The lowest BCUT2D eigenvalue weighted by Crippen LogP contribution is -2.20. The fourth-order valence-electron chi connectivity index (χ4n) is 1.36. The monoisotopic (exact) mass is 253 g/mol. The van der Waals surface area contributed by atoms with Crippen LogP contribution in [-0.4, -0.2) is 24.2 Å². The first-order valence-corrected chi connectivity index (χ1v) is 5.48. The largest absolute Gasteiger partial charge is 0.448 e. The summed E-state index contributed by atoms with van der Waals surface area (Å²) < 4.78 is 4.61. The smallest absolute Gasteiger partial charge is 0.404 e. The Kier molecular flexibility index (Phi) is 4.71. The van der Waals surface area contributed by atoms with Gasteiger partial charge in [0.05, 0.1) is 0 Å². The predicted molar refractivity (Wildman–Crippen MR) is 71.1 cm³/mol. The molecule has 0 fully saturated rings. The van der Waals surface area contributed by atoms with Gasteiger partial charge in [0.25, 0.3) is 0 Å². The SMILES string of the molecule is Cc1ccc(C(N)=S)c(NCCOC(N)=O)c1. The number of anilines is 1. The lowest BCUT2D eigenvalue weighted by atomic mass is 10.1. The molecule has 0 atom stereocenters. The van der Waals surface area contributed by atoms with Crippen LogP contribution in [0.4, 0.5) is 10.5 Å². The molecule has 5 N–H and O–H groups in total. The van der Waals surface area contributed by atoms with Crippen LogP contribution in [0, 0.1) is 6.92 Å². The normalized spacial score (nSPS) is 9.71. The number of carbonyl (C=O) groups excluding carboxylic acids is 1. The molecule has 5 nitrogen and oxygen atoms in total. The topological polar surface area (TPSA) is 90.4 Å². The number of rotatable bonds is 5. The van der Waals surface area contributed by atoms with Crippen molar-refractivity contribution in [1.82, 2.24) is 0 Å². The summed E-state index contributed by atoms with van der Waals surface area (Å²) in [5.41, 5.74) is 13.1. The van der Waals surface area contributed by atoms with Gasteiger partial charge in [0.1, 0.15) is 11.6 Å². The number of primary amides is 1. The van der Waals surface area contributed by atoms with Crippen LogP contribution in [0.1, 0.15) is 11.1 Å². The van der Waals surface area contributed by atoms with E-state index in [0.29, 0.717) is 11.5 Å². The fourth-order valence-corrected chi connectivity index (χ4v) is 1.53. The molecule has 1 aromatic rings. The number of nitrogens with two attached hydrogens (primary N) is 2. The minimum Gasteiger partial charge on any atom is -0.448 e. The minimum absolute atomic E-state index is 0.194. The molecule has 1 rings (SSSR count). The molecule has 0 aromatic heterocycles. The Morgan fingerprint density at radius 3 is 2.76 bits per heavy atom. The van der Waals surface area contributed by atoms with Crippen molar-refractivity contribution in [3.8, 4) is 0 Å². The summed E-state index contributed by atoms with van der Waals surface area (Å²) in [6.07, 6.45) is -0.786. The number of aryl methyl sites for hydroxylation is 1. The van der Waals surface area contributed by atoms with Crippen molar-refractivity contribution in [2.45, 2.75) is 6.92 Å². The second-order valence-electron chi connectivity index (χ2n) is 3.51. The number of benzene rings is 1. The maximum atomic E-state index is 10.4. The molecule has 92 valence electrons. The van der Waals surface area contributed by atoms with E-state index in [9.17, 15) is 4.79 Å². The molecule has 0 unspecified atom stereocenters. The van der Waals surface area contributed by atoms with Gasteiger partial charge in [-0.1, -0.05) is 18.3 Å². The molecular formula is C11H15N3O2S. The Hall–Kier alpha value is -1.82. The molecule has 0 saturated heterocycles. The number of amides is 1. The third-order valence-corrected chi connectivity index (χ3v) is 2.32. The van der Waals surface area contributed by atoms with E-state index in [1.165, 1.54) is 0 Å². The predicted octanol–water partition coefficient (Wildman–Crippen LogP) is 1.14. The van der Waals surface area contributed by atoms with Gasteiger partial charge in [-0.3, -0.25) is 0 Å². The van der Waals surface area contributed by atoms with Crippen LogP contribution in [0.15, 0.2) is 18.2 Å². The highest BCUT2D eigenvalue weighted by Crippen LogP contribution is 2.17. The number of carbonyl (C=O) groups is 1. The van der Waals surface area contributed by atoms with Crippen LogP contribution < -0.4 is 16.8 Å². The Bertz CT molecular complexity index is 435. The second kappa shape index (κ2) is 6.05. The highest BCUT2D eigenvalue weighted by molar-refractivity contribution is 7.80. The lowest BCUT2D eigenvalue weighted by Gasteiger charge is -2.11. The van der Waals surface area contributed by atoms with Gasteiger partial charge in [0, 0.05) is 17.8 Å². The first kappa shape index (κ1) is 13.2. The van der Waals surface area contributed by atoms with Crippen LogP contribution in [0.2, 0.25) is 0 Å². The molecular weight excluding hydrogens is 238 g/mol. The van der Waals surface area contributed by atoms with Crippen molar-refractivity contribution in [3.05, 3.63) is 29.3 Å². The molecule has 17 heavy (non-hydrogen) atoms. The minimum atomic E-state index is -0.786. The number of ether oxygens (including phenoxy) is 1. The van der Waals surface area contributed by atoms with Crippen LogP contribution >= 0.6 is 12.2 Å². The lowest BCUT2D eigenvalue weighted by molar-refractivity contribution is 0.161. The summed E-state index contributed by atoms with van der Waals surface area (Å²) in [4.78, 5) is 10.7. The van der Waals surface area contributed by atoms with Gasteiger partial charge in [-0.05, 0) is 24.6 Å². The van der Waals surface area contributed by atoms with Crippen molar-refractivity contribution < 1.29 is 9.53 Å². The zero-order chi connectivity index (χ0) is 12.8. The van der Waals surface area contributed by atoms with E-state index in [-0.39, 0.29) is 6.61 Å². The zero-order valence-corrected chi connectivity index (χ0v) is 10.3. The van der Waals surface area contributed by atoms with Gasteiger partial charge in [0.15, 0.2) is 0 Å². The van der Waals surface area contributed by atoms with Gasteiger partial charge in [-0.2, -0.15) is 0 Å². The van der Waals surface area contributed by atoms with Gasteiger partial charge < -0.3 is 21.5 Å². The summed E-state index contributed by atoms with van der Waals surface area (Å²) in [5.74, 6) is 0. The van der Waals surface area contributed by atoms with Crippen LogP contribution in [0.5, 0.6) is 0 Å².